The Balaban J connectivity index is 1.75. The molecule has 1 aliphatic heterocycles. The van der Waals surface area contributed by atoms with Gasteiger partial charge in [0.25, 0.3) is 11.1 Å². The van der Waals surface area contributed by atoms with Gasteiger partial charge in [-0.2, -0.15) is 0 Å². The number of rotatable bonds is 8. The summed E-state index contributed by atoms with van der Waals surface area (Å²) in [6.07, 6.45) is 1.50. The monoisotopic (exact) mass is 546 g/mol. The van der Waals surface area contributed by atoms with Gasteiger partial charge < -0.3 is 14.8 Å². The maximum atomic E-state index is 12.9. The molecule has 1 saturated heterocycles. The smallest absolute Gasteiger partial charge is 0.344 e. The molecule has 1 heterocycles. The average molecular weight is 547 g/mol. The summed E-state index contributed by atoms with van der Waals surface area (Å²) in [5, 5.41) is 2.24. The number of anilines is 1. The summed E-state index contributed by atoms with van der Waals surface area (Å²) in [4.78, 5) is 50.6. The number of ether oxygens (including phenoxy) is 2. The molecule has 3 amide bonds. The van der Waals surface area contributed by atoms with Crippen LogP contribution in [0.5, 0.6) is 5.75 Å². The SMILES string of the molecule is CCOC(=O)COc1ccc(Br)cc1/C=C1/SC(=O)N(CC(=O)Nc2c(C)cccc2C)C1=O. The molecular weight excluding hydrogens is 524 g/mol. The fraction of sp³-hybridized carbons (Fsp3) is 0.250. The molecule has 10 heteroatoms. The number of nitrogens with one attached hydrogen (secondary N) is 1. The summed E-state index contributed by atoms with van der Waals surface area (Å²) < 4.78 is 11.1. The van der Waals surface area contributed by atoms with E-state index in [9.17, 15) is 19.2 Å². The van der Waals surface area contributed by atoms with Crippen molar-refractivity contribution in [2.24, 2.45) is 0 Å². The van der Waals surface area contributed by atoms with E-state index < -0.39 is 29.6 Å². The maximum absolute atomic E-state index is 12.9. The molecule has 2 aromatic carbocycles. The number of halogens is 1. The first-order chi connectivity index (χ1) is 16.2. The first kappa shape index (κ1) is 25.5. The van der Waals surface area contributed by atoms with Crippen molar-refractivity contribution in [3.05, 3.63) is 62.5 Å². The summed E-state index contributed by atoms with van der Waals surface area (Å²) in [5.74, 6) is -1.23. The lowest BCUT2D eigenvalue weighted by Gasteiger charge is -2.15. The van der Waals surface area contributed by atoms with Gasteiger partial charge in [0.05, 0.1) is 11.5 Å². The van der Waals surface area contributed by atoms with Gasteiger partial charge in [0.2, 0.25) is 5.91 Å². The predicted octanol–water partition coefficient (Wildman–Crippen LogP) is 4.68. The van der Waals surface area contributed by atoms with E-state index in [1.54, 1.807) is 25.1 Å². The lowest BCUT2D eigenvalue weighted by molar-refractivity contribution is -0.145. The van der Waals surface area contributed by atoms with Crippen LogP contribution in [0.3, 0.4) is 0 Å². The highest BCUT2D eigenvalue weighted by Gasteiger charge is 2.36. The van der Waals surface area contributed by atoms with Crippen molar-refractivity contribution in [2.45, 2.75) is 20.8 Å². The zero-order valence-electron chi connectivity index (χ0n) is 18.8. The van der Waals surface area contributed by atoms with Crippen LogP contribution < -0.4 is 10.1 Å². The number of imide groups is 1. The summed E-state index contributed by atoms with van der Waals surface area (Å²) in [7, 11) is 0. The molecule has 0 unspecified atom stereocenters. The van der Waals surface area contributed by atoms with Gasteiger partial charge in [-0.25, -0.2) is 4.79 Å². The van der Waals surface area contributed by atoms with E-state index in [1.807, 2.05) is 32.0 Å². The molecular formula is C24H23BrN2O6S. The lowest BCUT2D eigenvalue weighted by Crippen LogP contribution is -2.36. The number of amides is 3. The Labute approximate surface area is 209 Å². The minimum atomic E-state index is -0.581. The topological polar surface area (TPSA) is 102 Å². The van der Waals surface area contributed by atoms with Crippen molar-refractivity contribution >= 4 is 62.5 Å². The Kier molecular flexibility index (Phi) is 8.51. The number of benzene rings is 2. The van der Waals surface area contributed by atoms with Crippen LogP contribution in [0.1, 0.15) is 23.6 Å². The van der Waals surface area contributed by atoms with Crippen LogP contribution in [-0.4, -0.2) is 47.7 Å². The third-order valence-electron chi connectivity index (χ3n) is 4.83. The van der Waals surface area contributed by atoms with Crippen molar-refractivity contribution in [1.29, 1.82) is 0 Å². The molecule has 2 aromatic rings. The number of nitrogens with zero attached hydrogens (tertiary/aromatic N) is 1. The molecule has 0 bridgehead atoms. The van der Waals surface area contributed by atoms with Gasteiger partial charge in [-0.15, -0.1) is 0 Å². The third kappa shape index (κ3) is 6.27. The molecule has 0 aromatic heterocycles. The number of hydrogen-bond donors (Lipinski definition) is 1. The Morgan fingerprint density at radius 2 is 1.85 bits per heavy atom. The van der Waals surface area contributed by atoms with Gasteiger partial charge >= 0.3 is 5.97 Å². The zero-order chi connectivity index (χ0) is 24.8. The first-order valence-electron chi connectivity index (χ1n) is 10.4. The van der Waals surface area contributed by atoms with Crippen LogP contribution in [0.15, 0.2) is 45.8 Å². The second kappa shape index (κ2) is 11.3. The van der Waals surface area contributed by atoms with Crippen molar-refractivity contribution in [1.82, 2.24) is 4.90 Å². The second-order valence-electron chi connectivity index (χ2n) is 7.36. The number of hydrogen-bond acceptors (Lipinski definition) is 7. The highest BCUT2D eigenvalue weighted by molar-refractivity contribution is 9.10. The number of esters is 1. The molecule has 0 spiro atoms. The number of thioether (sulfide) groups is 1. The van der Waals surface area contributed by atoms with Crippen LogP contribution in [0.4, 0.5) is 10.5 Å². The Morgan fingerprint density at radius 1 is 1.15 bits per heavy atom. The van der Waals surface area contributed by atoms with E-state index in [2.05, 4.69) is 21.2 Å². The summed E-state index contributed by atoms with van der Waals surface area (Å²) in [6.45, 7) is 4.97. The van der Waals surface area contributed by atoms with Crippen LogP contribution >= 0.6 is 27.7 Å². The van der Waals surface area contributed by atoms with Crippen LogP contribution in [-0.2, 0) is 19.1 Å². The summed E-state index contributed by atoms with van der Waals surface area (Å²) >= 11 is 4.10. The van der Waals surface area contributed by atoms with Crippen molar-refractivity contribution in [2.75, 3.05) is 25.1 Å². The molecule has 1 N–H and O–H groups in total. The van der Waals surface area contributed by atoms with E-state index in [1.165, 1.54) is 6.08 Å². The number of carbonyl (C=O) groups excluding carboxylic acids is 4. The van der Waals surface area contributed by atoms with Crippen molar-refractivity contribution < 1.29 is 28.7 Å². The molecule has 178 valence electrons. The quantitative estimate of drug-likeness (QED) is 0.378. The second-order valence-corrected chi connectivity index (χ2v) is 9.27. The van der Waals surface area contributed by atoms with Crippen molar-refractivity contribution in [3.8, 4) is 5.75 Å². The first-order valence-corrected chi connectivity index (χ1v) is 12.0. The van der Waals surface area contributed by atoms with Crippen LogP contribution in [0, 0.1) is 13.8 Å². The molecule has 8 nitrogen and oxygen atoms in total. The van der Waals surface area contributed by atoms with Gasteiger partial charge in [-0.3, -0.25) is 19.3 Å². The van der Waals surface area contributed by atoms with E-state index in [-0.39, 0.29) is 18.1 Å². The summed E-state index contributed by atoms with van der Waals surface area (Å²) in [6, 6.07) is 10.7. The Morgan fingerprint density at radius 3 is 2.53 bits per heavy atom. The van der Waals surface area contributed by atoms with E-state index in [0.29, 0.717) is 17.0 Å². The molecule has 1 fully saturated rings. The Hall–Kier alpha value is -3.11. The maximum Gasteiger partial charge on any atom is 0.344 e. The van der Waals surface area contributed by atoms with Gasteiger partial charge in [0, 0.05) is 15.7 Å². The van der Waals surface area contributed by atoms with E-state index in [0.717, 1.165) is 32.3 Å². The molecule has 0 saturated carbocycles. The van der Waals surface area contributed by atoms with Crippen LogP contribution in [0.25, 0.3) is 6.08 Å². The fourth-order valence-corrected chi connectivity index (χ4v) is 4.42. The number of para-hydroxylation sites is 1. The minimum Gasteiger partial charge on any atom is -0.481 e. The highest BCUT2D eigenvalue weighted by Crippen LogP contribution is 2.35. The minimum absolute atomic E-state index is 0.143. The standard InChI is InChI=1S/C24H23BrN2O6S/c1-4-32-21(29)13-33-18-9-8-17(25)10-16(18)11-19-23(30)27(24(31)34-19)12-20(28)26-22-14(2)6-5-7-15(22)3/h5-11H,4,12-13H2,1-3H3,(H,26,28)/b19-11+. The highest BCUT2D eigenvalue weighted by atomic mass is 79.9. The van der Waals surface area contributed by atoms with Crippen LogP contribution in [0.2, 0.25) is 0 Å². The third-order valence-corrected chi connectivity index (χ3v) is 6.23. The number of aryl methyl sites for hydroxylation is 2. The lowest BCUT2D eigenvalue weighted by atomic mass is 10.1. The molecule has 34 heavy (non-hydrogen) atoms. The van der Waals surface area contributed by atoms with Crippen molar-refractivity contribution in [3.63, 3.8) is 0 Å². The van der Waals surface area contributed by atoms with Gasteiger partial charge in [0.15, 0.2) is 6.61 Å². The van der Waals surface area contributed by atoms with Gasteiger partial charge in [-0.1, -0.05) is 34.1 Å². The molecule has 0 radical (unpaired) electrons. The van der Waals surface area contributed by atoms with Gasteiger partial charge in [0.1, 0.15) is 12.3 Å². The zero-order valence-corrected chi connectivity index (χ0v) is 21.2. The van der Waals surface area contributed by atoms with E-state index >= 15 is 0 Å². The Bertz CT molecular complexity index is 1160. The molecule has 3 rings (SSSR count). The number of carbonyl (C=O) groups is 4. The van der Waals surface area contributed by atoms with E-state index in [4.69, 9.17) is 9.47 Å². The molecule has 0 aliphatic carbocycles. The fourth-order valence-electron chi connectivity index (χ4n) is 3.21. The van der Waals surface area contributed by atoms with Gasteiger partial charge in [-0.05, 0) is 67.9 Å². The normalized spacial score (nSPS) is 14.5. The molecule has 0 atom stereocenters. The average Bonchev–Trinajstić information content (AvgIpc) is 3.03. The summed E-state index contributed by atoms with van der Waals surface area (Å²) in [5.41, 5.74) is 2.91. The largest absolute Gasteiger partial charge is 0.481 e. The predicted molar refractivity (Wildman–Crippen MR) is 133 cm³/mol. The molecule has 1 aliphatic rings.